The summed E-state index contributed by atoms with van der Waals surface area (Å²) in [4.78, 5) is 28.5. The third kappa shape index (κ3) is 3.85. The fraction of sp³-hybridized carbons (Fsp3) is 0.167. The summed E-state index contributed by atoms with van der Waals surface area (Å²) in [6.45, 7) is 1.75. The van der Waals surface area contributed by atoms with Crippen molar-refractivity contribution >= 4 is 33.4 Å². The summed E-state index contributed by atoms with van der Waals surface area (Å²) in [5.41, 5.74) is 0.771. The maximum absolute atomic E-state index is 13.5. The first-order chi connectivity index (χ1) is 12.5. The first-order valence-electron chi connectivity index (χ1n) is 7.77. The van der Waals surface area contributed by atoms with Crippen LogP contribution in [0.3, 0.4) is 0 Å². The number of fused-ring (bicyclic) bond motifs is 1. The van der Waals surface area contributed by atoms with E-state index in [0.717, 1.165) is 23.5 Å². The van der Waals surface area contributed by atoms with Crippen molar-refractivity contribution in [2.45, 2.75) is 13.5 Å². The molecule has 0 saturated heterocycles. The Morgan fingerprint density at radius 1 is 1.12 bits per heavy atom. The molecule has 26 heavy (non-hydrogen) atoms. The summed E-state index contributed by atoms with van der Waals surface area (Å²) in [6.07, 6.45) is 0. The lowest BCUT2D eigenvalue weighted by Gasteiger charge is -2.05. The summed E-state index contributed by atoms with van der Waals surface area (Å²) >= 11 is 1.08. The van der Waals surface area contributed by atoms with Gasteiger partial charge < -0.3 is 9.30 Å². The van der Waals surface area contributed by atoms with Crippen molar-refractivity contribution in [3.05, 3.63) is 64.5 Å². The average molecular weight is 376 g/mol. The van der Waals surface area contributed by atoms with Crippen LogP contribution in [0.5, 0.6) is 0 Å². The van der Waals surface area contributed by atoms with Crippen LogP contribution >= 0.6 is 11.3 Å². The van der Waals surface area contributed by atoms with Crippen molar-refractivity contribution in [2.75, 3.05) is 6.61 Å². The van der Waals surface area contributed by atoms with Gasteiger partial charge in [0.05, 0.1) is 16.8 Å². The van der Waals surface area contributed by atoms with Crippen LogP contribution in [0.15, 0.2) is 47.5 Å². The van der Waals surface area contributed by atoms with E-state index in [0.29, 0.717) is 10.2 Å². The lowest BCUT2D eigenvalue weighted by atomic mass is 10.2. The molecule has 5 nitrogen and oxygen atoms in total. The number of carbonyl (C=O) groups excluding carboxylic acids is 2. The number of hydrogen-bond donors (Lipinski definition) is 0. The van der Waals surface area contributed by atoms with Crippen LogP contribution in [-0.4, -0.2) is 23.1 Å². The molecule has 1 heterocycles. The van der Waals surface area contributed by atoms with E-state index in [4.69, 9.17) is 4.74 Å². The molecule has 0 spiro atoms. The number of carbonyl (C=O) groups is 2. The largest absolute Gasteiger partial charge is 0.465 e. The fourth-order valence-electron chi connectivity index (χ4n) is 2.36. The molecule has 0 fully saturated rings. The number of esters is 1. The zero-order chi connectivity index (χ0) is 18.7. The summed E-state index contributed by atoms with van der Waals surface area (Å²) in [5, 5.41) is 0. The summed E-state index contributed by atoms with van der Waals surface area (Å²) in [6, 6.07) is 9.06. The molecule has 3 rings (SSSR count). The highest BCUT2D eigenvalue weighted by Crippen LogP contribution is 2.19. The molecule has 0 N–H and O–H groups in total. The number of rotatable bonds is 4. The molecule has 3 aromatic rings. The van der Waals surface area contributed by atoms with Gasteiger partial charge in [-0.1, -0.05) is 11.3 Å². The number of thiazole rings is 1. The van der Waals surface area contributed by atoms with E-state index in [1.807, 2.05) is 0 Å². The minimum atomic E-state index is -0.588. The Hall–Kier alpha value is -2.87. The molecule has 0 aliphatic carbocycles. The zero-order valence-electron chi connectivity index (χ0n) is 13.7. The van der Waals surface area contributed by atoms with Crippen molar-refractivity contribution in [1.82, 2.24) is 4.57 Å². The van der Waals surface area contributed by atoms with Crippen LogP contribution in [0.25, 0.3) is 10.2 Å². The molecule has 0 radical (unpaired) electrons. The number of amides is 1. The van der Waals surface area contributed by atoms with Gasteiger partial charge in [-0.2, -0.15) is 4.99 Å². The van der Waals surface area contributed by atoms with Gasteiger partial charge in [0.1, 0.15) is 18.2 Å². The van der Waals surface area contributed by atoms with E-state index in [2.05, 4.69) is 4.99 Å². The van der Waals surface area contributed by atoms with Crippen molar-refractivity contribution in [1.29, 1.82) is 0 Å². The smallest absolute Gasteiger partial charge is 0.326 e. The van der Waals surface area contributed by atoms with Crippen molar-refractivity contribution < 1.29 is 23.1 Å². The number of benzene rings is 2. The van der Waals surface area contributed by atoms with E-state index in [1.54, 1.807) is 6.92 Å². The molecular formula is C18H14F2N2O3S. The first-order valence-corrected chi connectivity index (χ1v) is 8.58. The van der Waals surface area contributed by atoms with Gasteiger partial charge in [0.25, 0.3) is 5.91 Å². The number of nitrogens with zero attached hydrogens (tertiary/aromatic N) is 2. The summed E-state index contributed by atoms with van der Waals surface area (Å²) in [5.74, 6) is -1.98. The predicted octanol–water partition coefficient (Wildman–Crippen LogP) is 3.29. The number of ether oxygens (including phenoxy) is 1. The van der Waals surface area contributed by atoms with Gasteiger partial charge in [0.2, 0.25) is 0 Å². The van der Waals surface area contributed by atoms with E-state index >= 15 is 0 Å². The normalized spacial score (nSPS) is 11.7. The highest BCUT2D eigenvalue weighted by Gasteiger charge is 2.13. The average Bonchev–Trinajstić information content (AvgIpc) is 2.92. The van der Waals surface area contributed by atoms with Crippen LogP contribution in [0, 0.1) is 11.6 Å². The van der Waals surface area contributed by atoms with Gasteiger partial charge in [0, 0.05) is 5.56 Å². The fourth-order valence-corrected chi connectivity index (χ4v) is 3.42. The molecule has 0 atom stereocenters. The van der Waals surface area contributed by atoms with Crippen LogP contribution in [0.2, 0.25) is 0 Å². The molecule has 1 amide bonds. The maximum Gasteiger partial charge on any atom is 0.326 e. The molecule has 0 aliphatic rings. The summed E-state index contributed by atoms with van der Waals surface area (Å²) < 4.78 is 33.5. The van der Waals surface area contributed by atoms with Gasteiger partial charge in [-0.05, 0) is 49.4 Å². The molecule has 1 aromatic heterocycles. The molecule has 134 valence electrons. The quantitative estimate of drug-likeness (QED) is 0.657. The Morgan fingerprint density at radius 3 is 2.50 bits per heavy atom. The third-order valence-electron chi connectivity index (χ3n) is 3.53. The molecule has 2 aromatic carbocycles. The van der Waals surface area contributed by atoms with Crippen molar-refractivity contribution in [3.8, 4) is 0 Å². The van der Waals surface area contributed by atoms with Crippen molar-refractivity contribution in [3.63, 3.8) is 0 Å². The topological polar surface area (TPSA) is 60.7 Å². The minimum Gasteiger partial charge on any atom is -0.465 e. The number of hydrogen-bond acceptors (Lipinski definition) is 4. The van der Waals surface area contributed by atoms with Crippen molar-refractivity contribution in [2.24, 2.45) is 4.99 Å². The van der Waals surface area contributed by atoms with E-state index in [1.165, 1.54) is 34.9 Å². The van der Waals surface area contributed by atoms with Gasteiger partial charge in [0.15, 0.2) is 4.80 Å². The SMILES string of the molecule is CCOC(=O)Cn1c(=NC(=O)c2ccc(F)cc2)sc2cc(F)ccc21. The van der Waals surface area contributed by atoms with Gasteiger partial charge in [-0.15, -0.1) is 0 Å². The Balaban J connectivity index is 2.09. The second-order valence-corrected chi connectivity index (χ2v) is 6.32. The molecule has 0 bridgehead atoms. The second-order valence-electron chi connectivity index (χ2n) is 5.31. The lowest BCUT2D eigenvalue weighted by Crippen LogP contribution is -2.23. The molecule has 8 heteroatoms. The zero-order valence-corrected chi connectivity index (χ0v) is 14.6. The van der Waals surface area contributed by atoms with E-state index < -0.39 is 23.5 Å². The van der Waals surface area contributed by atoms with Gasteiger partial charge in [-0.25, -0.2) is 8.78 Å². The molecule has 0 unspecified atom stereocenters. The third-order valence-corrected chi connectivity index (χ3v) is 4.57. The summed E-state index contributed by atoms with van der Waals surface area (Å²) in [7, 11) is 0. The Kier molecular flexibility index (Phi) is 5.22. The highest BCUT2D eigenvalue weighted by atomic mass is 32.1. The Bertz CT molecular complexity index is 1040. The van der Waals surface area contributed by atoms with Gasteiger partial charge in [-0.3, -0.25) is 9.59 Å². The van der Waals surface area contributed by atoms with Crippen LogP contribution in [0.1, 0.15) is 17.3 Å². The molecule has 0 aliphatic heterocycles. The van der Waals surface area contributed by atoms with Crippen LogP contribution < -0.4 is 4.80 Å². The predicted molar refractivity (Wildman–Crippen MR) is 92.7 cm³/mol. The van der Waals surface area contributed by atoms with E-state index in [9.17, 15) is 18.4 Å². The first kappa shape index (κ1) is 17.9. The second kappa shape index (κ2) is 7.57. The van der Waals surface area contributed by atoms with Gasteiger partial charge >= 0.3 is 5.97 Å². The molecular weight excluding hydrogens is 362 g/mol. The minimum absolute atomic E-state index is 0.158. The van der Waals surface area contributed by atoms with E-state index in [-0.39, 0.29) is 23.5 Å². The number of aromatic nitrogens is 1. The van der Waals surface area contributed by atoms with Crippen LogP contribution in [-0.2, 0) is 16.1 Å². The molecule has 0 saturated carbocycles. The number of halogens is 2. The maximum atomic E-state index is 13.5. The lowest BCUT2D eigenvalue weighted by molar-refractivity contribution is -0.143. The highest BCUT2D eigenvalue weighted by molar-refractivity contribution is 7.16. The standard InChI is InChI=1S/C18H14F2N2O3S/c1-2-25-16(23)10-22-14-8-7-13(20)9-15(14)26-18(22)21-17(24)11-3-5-12(19)6-4-11/h3-9H,2,10H2,1H3. The Labute approximate surface area is 151 Å². The monoisotopic (exact) mass is 376 g/mol. The van der Waals surface area contributed by atoms with Crippen LogP contribution in [0.4, 0.5) is 8.78 Å². The Morgan fingerprint density at radius 2 is 1.81 bits per heavy atom.